The van der Waals surface area contributed by atoms with E-state index in [9.17, 15) is 4.55 Å². The maximum atomic E-state index is 13.9. The second-order valence-corrected chi connectivity index (χ2v) is 11.3. The van der Waals surface area contributed by atoms with Crippen molar-refractivity contribution >= 4 is 44.3 Å². The molecule has 0 bridgehead atoms. The molecule has 6 rings (SSSR count). The fourth-order valence-electron chi connectivity index (χ4n) is 5.32. The van der Waals surface area contributed by atoms with Crippen molar-refractivity contribution in [2.45, 2.75) is 17.7 Å². The van der Waals surface area contributed by atoms with Crippen molar-refractivity contribution in [1.29, 1.82) is 0 Å². The van der Waals surface area contributed by atoms with Crippen LogP contribution < -0.4 is 0 Å². The first-order chi connectivity index (χ1) is 17.0. The standard InChI is InChI=1S/C29H32N4OS/c1-30-13-8-21(9-14-30)23-4-6-29-26(19-23)27(22-10-15-31(2)16-11-22)20-33(29)35(34)25-5-7-28-24(18-25)12-17-32(28)3/h4-8,10,12,17-20H,9,11,13-16H2,1-3H3. The van der Waals surface area contributed by atoms with Gasteiger partial charge in [-0.1, -0.05) is 18.2 Å². The second kappa shape index (κ2) is 9.03. The van der Waals surface area contributed by atoms with E-state index in [2.05, 4.69) is 83.2 Å². The molecule has 4 aromatic rings. The van der Waals surface area contributed by atoms with E-state index in [1.54, 1.807) is 0 Å². The maximum absolute atomic E-state index is 13.9. The van der Waals surface area contributed by atoms with Gasteiger partial charge in [-0.15, -0.1) is 0 Å². The molecule has 0 saturated carbocycles. The summed E-state index contributed by atoms with van der Waals surface area (Å²) in [5, 5.41) is 2.32. The van der Waals surface area contributed by atoms with E-state index in [0.717, 1.165) is 60.3 Å². The molecule has 1 unspecified atom stereocenters. The predicted molar refractivity (Wildman–Crippen MR) is 147 cm³/mol. The Morgan fingerprint density at radius 3 is 2.23 bits per heavy atom. The van der Waals surface area contributed by atoms with Crippen LogP contribution in [0.4, 0.5) is 0 Å². The number of hydrogen-bond acceptors (Lipinski definition) is 3. The van der Waals surface area contributed by atoms with Crippen LogP contribution in [-0.2, 0) is 18.4 Å². The van der Waals surface area contributed by atoms with Crippen LogP contribution >= 0.6 is 0 Å². The molecule has 5 nitrogen and oxygen atoms in total. The number of fused-ring (bicyclic) bond motifs is 2. The maximum Gasteiger partial charge on any atom is 0.181 e. The van der Waals surface area contributed by atoms with Gasteiger partial charge in [-0.25, -0.2) is 0 Å². The molecule has 0 spiro atoms. The van der Waals surface area contributed by atoms with Crippen molar-refractivity contribution in [3.8, 4) is 0 Å². The summed E-state index contributed by atoms with van der Waals surface area (Å²) in [5.74, 6) is 0. The van der Waals surface area contributed by atoms with Crippen LogP contribution in [0.25, 0.3) is 33.0 Å². The first-order valence-corrected chi connectivity index (χ1v) is 13.5. The summed E-state index contributed by atoms with van der Waals surface area (Å²) in [6.45, 7) is 4.07. The van der Waals surface area contributed by atoms with Gasteiger partial charge in [0, 0.05) is 67.3 Å². The van der Waals surface area contributed by atoms with Gasteiger partial charge in [-0.05, 0) is 74.0 Å². The summed E-state index contributed by atoms with van der Waals surface area (Å²) < 4.78 is 18.0. The van der Waals surface area contributed by atoms with Crippen LogP contribution in [0, 0.1) is 0 Å². The molecule has 0 saturated heterocycles. The van der Waals surface area contributed by atoms with Gasteiger partial charge in [0.1, 0.15) is 11.4 Å². The molecule has 6 heteroatoms. The molecule has 2 aliphatic heterocycles. The van der Waals surface area contributed by atoms with Gasteiger partial charge in [0.05, 0.1) is 11.7 Å². The highest BCUT2D eigenvalue weighted by Crippen LogP contribution is 2.36. The minimum absolute atomic E-state index is 0.826. The van der Waals surface area contributed by atoms with Crippen LogP contribution in [0.2, 0.25) is 0 Å². The molecule has 180 valence electrons. The highest BCUT2D eigenvalue weighted by atomic mass is 32.2. The first-order valence-electron chi connectivity index (χ1n) is 12.4. The number of aromatic nitrogens is 2. The number of likely N-dealkylation sites (N-methyl/N-ethyl adjacent to an activating group) is 2. The SMILES string of the molecule is CN1CC=C(c2ccc3c(c2)c(C2=CCN(C)CC2)cn3[S+]([O-])c2ccc3c(ccn3C)c2)CC1. The third-order valence-corrected chi connectivity index (χ3v) is 8.87. The van der Waals surface area contributed by atoms with Crippen LogP contribution in [0.5, 0.6) is 0 Å². The number of rotatable bonds is 4. The molecule has 0 radical (unpaired) electrons. The summed E-state index contributed by atoms with van der Waals surface area (Å²) in [7, 11) is 6.37. The molecule has 0 fully saturated rings. The van der Waals surface area contributed by atoms with Crippen LogP contribution in [0.15, 0.2) is 71.9 Å². The molecule has 0 amide bonds. The zero-order valence-corrected chi connectivity index (χ0v) is 21.5. The summed E-state index contributed by atoms with van der Waals surface area (Å²) in [4.78, 5) is 5.51. The van der Waals surface area contributed by atoms with Gasteiger partial charge < -0.3 is 18.9 Å². The smallest absolute Gasteiger partial charge is 0.181 e. The van der Waals surface area contributed by atoms with Crippen molar-refractivity contribution in [3.63, 3.8) is 0 Å². The van der Waals surface area contributed by atoms with E-state index in [-0.39, 0.29) is 0 Å². The number of benzene rings is 2. The fraction of sp³-hybridized carbons (Fsp3) is 0.310. The van der Waals surface area contributed by atoms with E-state index in [1.807, 2.05) is 23.3 Å². The zero-order valence-electron chi connectivity index (χ0n) is 20.7. The van der Waals surface area contributed by atoms with Gasteiger partial charge in [0.15, 0.2) is 4.90 Å². The van der Waals surface area contributed by atoms with Crippen molar-refractivity contribution in [2.75, 3.05) is 40.3 Å². The van der Waals surface area contributed by atoms with E-state index >= 15 is 0 Å². The molecular weight excluding hydrogens is 452 g/mol. The molecule has 2 aromatic heterocycles. The topological polar surface area (TPSA) is 39.4 Å². The average Bonchev–Trinajstić information content (AvgIpc) is 3.44. The van der Waals surface area contributed by atoms with Gasteiger partial charge >= 0.3 is 0 Å². The van der Waals surface area contributed by atoms with Crippen LogP contribution in [-0.4, -0.2) is 63.2 Å². The van der Waals surface area contributed by atoms with Crippen molar-refractivity contribution < 1.29 is 4.55 Å². The number of aryl methyl sites for hydroxylation is 1. The Labute approximate surface area is 210 Å². The highest BCUT2D eigenvalue weighted by molar-refractivity contribution is 7.90. The average molecular weight is 485 g/mol. The quantitative estimate of drug-likeness (QED) is 0.377. The first kappa shape index (κ1) is 22.7. The predicted octanol–water partition coefficient (Wildman–Crippen LogP) is 5.14. The Bertz CT molecular complexity index is 1480. The monoisotopic (exact) mass is 484 g/mol. The lowest BCUT2D eigenvalue weighted by molar-refractivity contribution is 0.370. The highest BCUT2D eigenvalue weighted by Gasteiger charge is 2.24. The van der Waals surface area contributed by atoms with Crippen molar-refractivity contribution in [3.05, 3.63) is 78.1 Å². The Morgan fingerprint density at radius 1 is 0.800 bits per heavy atom. The van der Waals surface area contributed by atoms with Gasteiger partial charge in [0.25, 0.3) is 0 Å². The lowest BCUT2D eigenvalue weighted by atomic mass is 9.95. The largest absolute Gasteiger partial charge is 0.587 e. The third-order valence-electron chi connectivity index (χ3n) is 7.55. The molecule has 4 heterocycles. The zero-order chi connectivity index (χ0) is 24.1. The fourth-order valence-corrected chi connectivity index (χ4v) is 6.50. The minimum Gasteiger partial charge on any atom is -0.587 e. The van der Waals surface area contributed by atoms with Gasteiger partial charge in [0.2, 0.25) is 0 Å². The summed E-state index contributed by atoms with van der Waals surface area (Å²) in [6.07, 6.45) is 10.9. The summed E-state index contributed by atoms with van der Waals surface area (Å²) in [5.41, 5.74) is 7.46. The van der Waals surface area contributed by atoms with Gasteiger partial charge in [-0.2, -0.15) is 3.97 Å². The van der Waals surface area contributed by atoms with Gasteiger partial charge in [-0.3, -0.25) is 0 Å². The van der Waals surface area contributed by atoms with Crippen LogP contribution in [0.1, 0.15) is 24.0 Å². The number of nitrogens with zero attached hydrogens (tertiary/aromatic N) is 4. The minimum atomic E-state index is -1.33. The second-order valence-electron chi connectivity index (χ2n) is 9.98. The van der Waals surface area contributed by atoms with E-state index in [0.29, 0.717) is 0 Å². The molecule has 2 aromatic carbocycles. The Morgan fingerprint density at radius 2 is 1.51 bits per heavy atom. The van der Waals surface area contributed by atoms with E-state index < -0.39 is 11.4 Å². The molecule has 2 aliphatic rings. The van der Waals surface area contributed by atoms with Crippen LogP contribution in [0.3, 0.4) is 0 Å². The summed E-state index contributed by atoms with van der Waals surface area (Å²) >= 11 is -1.33. The molecular formula is C29H32N4OS. The van der Waals surface area contributed by atoms with Crippen molar-refractivity contribution in [1.82, 2.24) is 18.3 Å². The summed E-state index contributed by atoms with van der Waals surface area (Å²) in [6, 6.07) is 14.9. The normalized spacial score (nSPS) is 18.7. The lowest BCUT2D eigenvalue weighted by Crippen LogP contribution is -2.23. The molecule has 35 heavy (non-hydrogen) atoms. The lowest BCUT2D eigenvalue weighted by Gasteiger charge is -2.22. The number of hydrogen-bond donors (Lipinski definition) is 0. The van der Waals surface area contributed by atoms with E-state index in [1.165, 1.54) is 27.7 Å². The Balaban J connectivity index is 1.47. The van der Waals surface area contributed by atoms with Crippen molar-refractivity contribution in [2.24, 2.45) is 7.05 Å². The molecule has 0 N–H and O–H groups in total. The third kappa shape index (κ3) is 4.15. The Hall–Kier alpha value is -2.77. The molecule has 1 atom stereocenters. The Kier molecular flexibility index (Phi) is 5.85. The molecule has 0 aliphatic carbocycles. The van der Waals surface area contributed by atoms with E-state index in [4.69, 9.17) is 0 Å².